The van der Waals surface area contributed by atoms with E-state index in [9.17, 15) is 0 Å². The molecule has 0 aromatic carbocycles. The summed E-state index contributed by atoms with van der Waals surface area (Å²) in [7, 11) is 1.76. The van der Waals surface area contributed by atoms with Crippen LogP contribution in [-0.2, 0) is 14.2 Å². The largest absolute Gasteiger partial charge is 0.382 e. The molecule has 0 aliphatic heterocycles. The highest BCUT2D eigenvalue weighted by Gasteiger charge is 2.16. The molecule has 0 amide bonds. The maximum absolute atomic E-state index is 6.11. The zero-order valence-corrected chi connectivity index (χ0v) is 22.1. The van der Waals surface area contributed by atoms with Crippen molar-refractivity contribution in [2.45, 2.75) is 148 Å². The van der Waals surface area contributed by atoms with Crippen LogP contribution in [0, 0.1) is 5.92 Å². The van der Waals surface area contributed by atoms with Crippen LogP contribution in [0.3, 0.4) is 0 Å². The number of rotatable bonds is 24. The number of unbranched alkanes of at least 4 members (excludes halogenated alkanes) is 15. The van der Waals surface area contributed by atoms with Gasteiger partial charge in [-0.05, 0) is 25.2 Å². The molecule has 0 bridgehead atoms. The summed E-state index contributed by atoms with van der Waals surface area (Å²) >= 11 is 0. The average Bonchev–Trinajstić information content (AvgIpc) is 2.82. The molecule has 1 atom stereocenters. The van der Waals surface area contributed by atoms with Crippen molar-refractivity contribution in [3.63, 3.8) is 0 Å². The fourth-order valence-electron chi connectivity index (χ4n) is 4.92. The van der Waals surface area contributed by atoms with Gasteiger partial charge in [0.05, 0.1) is 13.2 Å². The lowest BCUT2D eigenvalue weighted by atomic mass is 9.90. The molecule has 0 radical (unpaired) electrons. The van der Waals surface area contributed by atoms with Gasteiger partial charge in [-0.3, -0.25) is 0 Å². The molecule has 1 aliphatic carbocycles. The summed E-state index contributed by atoms with van der Waals surface area (Å²) in [5, 5.41) is 0. The summed E-state index contributed by atoms with van der Waals surface area (Å²) in [5.41, 5.74) is 0. The first-order valence-corrected chi connectivity index (χ1v) is 14.5. The molecular weight excluding hydrogens is 396 g/mol. The van der Waals surface area contributed by atoms with E-state index in [1.807, 2.05) is 0 Å². The fraction of sp³-hybridized carbons (Fsp3) is 1.00. The second-order valence-electron chi connectivity index (χ2n) is 10.3. The molecule has 0 unspecified atom stereocenters. The molecule has 3 heteroatoms. The Labute approximate surface area is 201 Å². The van der Waals surface area contributed by atoms with Crippen molar-refractivity contribution in [1.29, 1.82) is 0 Å². The number of hydrogen-bond donors (Lipinski definition) is 0. The molecule has 32 heavy (non-hydrogen) atoms. The monoisotopic (exact) mass is 454 g/mol. The van der Waals surface area contributed by atoms with Crippen molar-refractivity contribution in [2.75, 3.05) is 33.5 Å². The van der Waals surface area contributed by atoms with Crippen LogP contribution in [0.1, 0.15) is 142 Å². The Bertz CT molecular complexity index is 354. The molecule has 1 aliphatic rings. The SMILES string of the molecule is CCCCCCCCCCCCCCCCCCOC[C@H](COC)OCC1CCCCC1. The van der Waals surface area contributed by atoms with Crippen molar-refractivity contribution in [3.05, 3.63) is 0 Å². The van der Waals surface area contributed by atoms with Gasteiger partial charge in [0.25, 0.3) is 0 Å². The van der Waals surface area contributed by atoms with Crippen molar-refractivity contribution >= 4 is 0 Å². The van der Waals surface area contributed by atoms with Crippen LogP contribution < -0.4 is 0 Å². The molecule has 0 heterocycles. The third kappa shape index (κ3) is 19.4. The van der Waals surface area contributed by atoms with Gasteiger partial charge in [0.1, 0.15) is 6.10 Å². The van der Waals surface area contributed by atoms with Gasteiger partial charge in [-0.25, -0.2) is 0 Å². The molecule has 0 aromatic rings. The molecule has 0 aromatic heterocycles. The first kappa shape index (κ1) is 29.9. The van der Waals surface area contributed by atoms with Gasteiger partial charge in [-0.1, -0.05) is 122 Å². The predicted octanol–water partition coefficient (Wildman–Crippen LogP) is 8.88. The van der Waals surface area contributed by atoms with E-state index in [0.29, 0.717) is 13.2 Å². The average molecular weight is 455 g/mol. The Balaban J connectivity index is 1.79. The highest BCUT2D eigenvalue weighted by Crippen LogP contribution is 2.24. The topological polar surface area (TPSA) is 27.7 Å². The lowest BCUT2D eigenvalue weighted by Gasteiger charge is -2.24. The quantitative estimate of drug-likeness (QED) is 0.136. The lowest BCUT2D eigenvalue weighted by molar-refractivity contribution is -0.0643. The van der Waals surface area contributed by atoms with Gasteiger partial charge in [0.2, 0.25) is 0 Å². The van der Waals surface area contributed by atoms with E-state index in [-0.39, 0.29) is 6.10 Å². The van der Waals surface area contributed by atoms with Crippen LogP contribution in [0.25, 0.3) is 0 Å². The van der Waals surface area contributed by atoms with Gasteiger partial charge in [-0.15, -0.1) is 0 Å². The fourth-order valence-corrected chi connectivity index (χ4v) is 4.92. The Kier molecular flexibility index (Phi) is 22.5. The Morgan fingerprint density at radius 2 is 1.12 bits per heavy atom. The highest BCUT2D eigenvalue weighted by molar-refractivity contribution is 4.66. The second kappa shape index (κ2) is 24.0. The smallest absolute Gasteiger partial charge is 0.104 e. The van der Waals surface area contributed by atoms with Gasteiger partial charge in [-0.2, -0.15) is 0 Å². The minimum atomic E-state index is 0.1000. The van der Waals surface area contributed by atoms with E-state index in [1.165, 1.54) is 135 Å². The minimum Gasteiger partial charge on any atom is -0.382 e. The summed E-state index contributed by atoms with van der Waals surface area (Å²) in [6.07, 6.45) is 29.5. The van der Waals surface area contributed by atoms with Crippen LogP contribution in [0.2, 0.25) is 0 Å². The van der Waals surface area contributed by atoms with Crippen LogP contribution in [0.4, 0.5) is 0 Å². The molecule has 1 saturated carbocycles. The molecule has 192 valence electrons. The van der Waals surface area contributed by atoms with E-state index < -0.39 is 0 Å². The molecular formula is C29H58O3. The van der Waals surface area contributed by atoms with E-state index in [0.717, 1.165) is 19.1 Å². The zero-order chi connectivity index (χ0) is 23.0. The Morgan fingerprint density at radius 3 is 1.62 bits per heavy atom. The van der Waals surface area contributed by atoms with Gasteiger partial charge in [0, 0.05) is 20.3 Å². The van der Waals surface area contributed by atoms with Crippen molar-refractivity contribution in [2.24, 2.45) is 5.92 Å². The third-order valence-electron chi connectivity index (χ3n) is 7.09. The standard InChI is InChI=1S/C29H58O3/c1-3-4-5-6-7-8-9-10-11-12-13-14-15-16-17-21-24-31-27-29(26-30-2)32-25-28-22-19-18-20-23-28/h28-29H,3-27H2,1-2H3/t29-/m0/s1. The lowest BCUT2D eigenvalue weighted by Crippen LogP contribution is -2.28. The normalized spacial score (nSPS) is 15.9. The third-order valence-corrected chi connectivity index (χ3v) is 7.09. The minimum absolute atomic E-state index is 0.1000. The number of hydrogen-bond acceptors (Lipinski definition) is 3. The van der Waals surface area contributed by atoms with Crippen LogP contribution in [0.15, 0.2) is 0 Å². The Morgan fingerprint density at radius 1 is 0.625 bits per heavy atom. The summed E-state index contributed by atoms with van der Waals surface area (Å²) in [5.74, 6) is 0.753. The van der Waals surface area contributed by atoms with E-state index in [2.05, 4.69) is 6.92 Å². The zero-order valence-electron chi connectivity index (χ0n) is 22.1. The molecule has 1 fully saturated rings. The van der Waals surface area contributed by atoms with E-state index in [4.69, 9.17) is 14.2 Å². The van der Waals surface area contributed by atoms with Crippen LogP contribution in [0.5, 0.6) is 0 Å². The first-order chi connectivity index (χ1) is 15.9. The molecule has 0 saturated heterocycles. The maximum Gasteiger partial charge on any atom is 0.104 e. The van der Waals surface area contributed by atoms with Crippen molar-refractivity contribution < 1.29 is 14.2 Å². The molecule has 0 spiro atoms. The number of methoxy groups -OCH3 is 1. The summed E-state index contributed by atoms with van der Waals surface area (Å²) < 4.78 is 17.3. The first-order valence-electron chi connectivity index (χ1n) is 14.5. The molecule has 0 N–H and O–H groups in total. The maximum atomic E-state index is 6.11. The molecule has 3 nitrogen and oxygen atoms in total. The predicted molar refractivity (Wildman–Crippen MR) is 139 cm³/mol. The van der Waals surface area contributed by atoms with E-state index >= 15 is 0 Å². The Hall–Kier alpha value is -0.120. The van der Waals surface area contributed by atoms with Crippen molar-refractivity contribution in [3.8, 4) is 0 Å². The second-order valence-corrected chi connectivity index (χ2v) is 10.3. The highest BCUT2D eigenvalue weighted by atomic mass is 16.6. The van der Waals surface area contributed by atoms with Gasteiger partial charge in [0.15, 0.2) is 0 Å². The molecule has 1 rings (SSSR count). The van der Waals surface area contributed by atoms with Gasteiger partial charge < -0.3 is 14.2 Å². The summed E-state index contributed by atoms with van der Waals surface area (Å²) in [4.78, 5) is 0. The van der Waals surface area contributed by atoms with Crippen LogP contribution in [-0.4, -0.2) is 39.6 Å². The number of ether oxygens (including phenoxy) is 3. The van der Waals surface area contributed by atoms with Crippen LogP contribution >= 0.6 is 0 Å². The summed E-state index contributed by atoms with van der Waals surface area (Å²) in [6, 6.07) is 0. The van der Waals surface area contributed by atoms with Crippen molar-refractivity contribution in [1.82, 2.24) is 0 Å². The van der Waals surface area contributed by atoms with E-state index in [1.54, 1.807) is 7.11 Å². The summed E-state index contributed by atoms with van der Waals surface area (Å²) in [6.45, 7) is 5.37. The van der Waals surface area contributed by atoms with Gasteiger partial charge >= 0.3 is 0 Å².